The van der Waals surface area contributed by atoms with E-state index in [9.17, 15) is 17.2 Å². The van der Waals surface area contributed by atoms with Crippen LogP contribution in [0.2, 0.25) is 0 Å². The van der Waals surface area contributed by atoms with Gasteiger partial charge in [-0.25, -0.2) is 22.2 Å². The van der Waals surface area contributed by atoms with E-state index in [-0.39, 0.29) is 4.90 Å². The van der Waals surface area contributed by atoms with Gasteiger partial charge in [0.15, 0.2) is 5.16 Å². The Bertz CT molecular complexity index is 1280. The lowest BCUT2D eigenvalue weighted by molar-refractivity contribution is 0.281. The van der Waals surface area contributed by atoms with Crippen molar-refractivity contribution in [3.8, 4) is 0 Å². The maximum atomic E-state index is 13.6. The minimum absolute atomic E-state index is 0.272. The molecule has 2 aliphatic rings. The predicted molar refractivity (Wildman–Crippen MR) is 130 cm³/mol. The van der Waals surface area contributed by atoms with Gasteiger partial charge in [0.1, 0.15) is 11.6 Å². The van der Waals surface area contributed by atoms with Gasteiger partial charge in [0.25, 0.3) is 0 Å². The fraction of sp³-hybridized carbons (Fsp3) is 0.480. The van der Waals surface area contributed by atoms with Gasteiger partial charge < -0.3 is 4.57 Å². The first-order valence-electron chi connectivity index (χ1n) is 11.9. The lowest BCUT2D eigenvalue weighted by atomic mass is 10.0. The summed E-state index contributed by atoms with van der Waals surface area (Å²) in [5, 5.41) is 0.757. The normalized spacial score (nSPS) is 20.4. The molecule has 2 aromatic carbocycles. The molecule has 1 aliphatic heterocycles. The van der Waals surface area contributed by atoms with E-state index in [1.165, 1.54) is 23.9 Å². The van der Waals surface area contributed by atoms with Gasteiger partial charge in [0.05, 0.1) is 15.9 Å². The van der Waals surface area contributed by atoms with Crippen molar-refractivity contribution in [2.24, 2.45) is 5.92 Å². The minimum Gasteiger partial charge on any atom is -0.316 e. The van der Waals surface area contributed by atoms with Crippen molar-refractivity contribution in [3.05, 3.63) is 53.6 Å². The Morgan fingerprint density at radius 2 is 1.76 bits per heavy atom. The molecule has 34 heavy (non-hydrogen) atoms. The first-order chi connectivity index (χ1) is 16.3. The zero-order chi connectivity index (χ0) is 23.9. The molecule has 3 aromatic rings. The Kier molecular flexibility index (Phi) is 6.70. The Hall–Kier alpha value is -1.97. The molecule has 1 saturated carbocycles. The van der Waals surface area contributed by atoms with Crippen LogP contribution in [0, 0.1) is 17.6 Å². The summed E-state index contributed by atoms with van der Waals surface area (Å²) in [6.45, 7) is 3.18. The number of imidazole rings is 1. The number of rotatable bonds is 6. The van der Waals surface area contributed by atoms with Crippen LogP contribution in [0.1, 0.15) is 57.1 Å². The molecule has 1 unspecified atom stereocenters. The Morgan fingerprint density at radius 3 is 2.47 bits per heavy atom. The van der Waals surface area contributed by atoms with E-state index >= 15 is 0 Å². The summed E-state index contributed by atoms with van der Waals surface area (Å²) in [7, 11) is -3.58. The zero-order valence-electron chi connectivity index (χ0n) is 19.2. The van der Waals surface area contributed by atoms with Crippen LogP contribution in [0.15, 0.2) is 46.5 Å². The van der Waals surface area contributed by atoms with E-state index < -0.39 is 21.7 Å². The van der Waals surface area contributed by atoms with Crippen molar-refractivity contribution in [2.75, 3.05) is 13.1 Å². The van der Waals surface area contributed by atoms with Crippen LogP contribution in [0.5, 0.6) is 0 Å². The molecule has 2 heterocycles. The van der Waals surface area contributed by atoms with Crippen molar-refractivity contribution < 1.29 is 17.2 Å². The number of hydrogen-bond acceptors (Lipinski definition) is 4. The number of halogens is 2. The molecule has 5 nitrogen and oxygen atoms in total. The number of piperidine rings is 1. The van der Waals surface area contributed by atoms with E-state index in [4.69, 9.17) is 4.98 Å². The van der Waals surface area contributed by atoms with E-state index in [1.54, 1.807) is 16.4 Å². The van der Waals surface area contributed by atoms with Crippen LogP contribution in [0.25, 0.3) is 11.0 Å². The molecule has 2 fully saturated rings. The average molecular weight is 506 g/mol. The molecule has 1 aromatic heterocycles. The number of nitrogens with zero attached hydrogens (tertiary/aromatic N) is 3. The van der Waals surface area contributed by atoms with Gasteiger partial charge in [-0.05, 0) is 67.5 Å². The first kappa shape index (κ1) is 23.8. The molecule has 0 radical (unpaired) electrons. The second-order valence-electron chi connectivity index (χ2n) is 9.53. The third-order valence-corrected chi connectivity index (χ3v) is 9.75. The standard InChI is InChI=1S/C25H29F2N3O2S2/c1-17-5-4-10-29(15-17)34(31,32)22-8-9-24-23(14-22)28-25(30(24)21-6-2-3-7-21)33-16-18-11-19(26)13-20(27)12-18/h8-9,11-14,17,21H,2-7,10,15-16H2,1H3. The minimum atomic E-state index is -3.58. The third kappa shape index (κ3) is 4.75. The number of hydrogen-bond donors (Lipinski definition) is 0. The number of sulfonamides is 1. The van der Waals surface area contributed by atoms with Crippen LogP contribution >= 0.6 is 11.8 Å². The highest BCUT2D eigenvalue weighted by atomic mass is 32.2. The van der Waals surface area contributed by atoms with Crippen molar-refractivity contribution in [1.29, 1.82) is 0 Å². The summed E-state index contributed by atoms with van der Waals surface area (Å²) < 4.78 is 57.7. The number of fused-ring (bicyclic) bond motifs is 1. The Morgan fingerprint density at radius 1 is 1.03 bits per heavy atom. The largest absolute Gasteiger partial charge is 0.316 e. The lowest BCUT2D eigenvalue weighted by Gasteiger charge is -2.30. The summed E-state index contributed by atoms with van der Waals surface area (Å²) in [5.74, 6) is -0.463. The summed E-state index contributed by atoms with van der Waals surface area (Å²) in [6, 6.07) is 9.08. The fourth-order valence-electron chi connectivity index (χ4n) is 5.19. The lowest BCUT2D eigenvalue weighted by Crippen LogP contribution is -2.39. The molecule has 5 rings (SSSR count). The molecule has 1 aliphatic carbocycles. The van der Waals surface area contributed by atoms with Gasteiger partial charge in [-0.1, -0.05) is 31.5 Å². The van der Waals surface area contributed by atoms with E-state index in [0.717, 1.165) is 55.3 Å². The molecule has 182 valence electrons. The highest BCUT2D eigenvalue weighted by Gasteiger charge is 2.30. The molecule has 0 bridgehead atoms. The Labute approximate surface area is 203 Å². The summed E-state index contributed by atoms with van der Waals surface area (Å²) in [5.41, 5.74) is 2.10. The van der Waals surface area contributed by atoms with E-state index in [2.05, 4.69) is 11.5 Å². The molecular formula is C25H29F2N3O2S2. The van der Waals surface area contributed by atoms with Crippen molar-refractivity contribution in [3.63, 3.8) is 0 Å². The van der Waals surface area contributed by atoms with Crippen LogP contribution in [-0.4, -0.2) is 35.4 Å². The first-order valence-corrected chi connectivity index (χ1v) is 14.3. The Balaban J connectivity index is 1.49. The van der Waals surface area contributed by atoms with Gasteiger partial charge in [-0.2, -0.15) is 4.31 Å². The molecule has 0 N–H and O–H groups in total. The molecule has 1 atom stereocenters. The average Bonchev–Trinajstić information content (AvgIpc) is 3.44. The summed E-state index contributed by atoms with van der Waals surface area (Å²) in [6.07, 6.45) is 6.29. The van der Waals surface area contributed by atoms with Crippen molar-refractivity contribution in [1.82, 2.24) is 13.9 Å². The van der Waals surface area contributed by atoms with Crippen LogP contribution < -0.4 is 0 Å². The van der Waals surface area contributed by atoms with Gasteiger partial charge in [0, 0.05) is 31.0 Å². The second-order valence-corrected chi connectivity index (χ2v) is 12.4. The zero-order valence-corrected chi connectivity index (χ0v) is 20.8. The van der Waals surface area contributed by atoms with Gasteiger partial charge in [-0.15, -0.1) is 0 Å². The van der Waals surface area contributed by atoms with Crippen molar-refractivity contribution >= 4 is 32.8 Å². The van der Waals surface area contributed by atoms with Gasteiger partial charge in [0.2, 0.25) is 10.0 Å². The van der Waals surface area contributed by atoms with Crippen molar-refractivity contribution in [2.45, 2.75) is 67.3 Å². The SMILES string of the molecule is CC1CCCN(S(=O)(=O)c2ccc3c(c2)nc(SCc2cc(F)cc(F)c2)n3C2CCCC2)C1. The van der Waals surface area contributed by atoms with Gasteiger partial charge in [-0.3, -0.25) is 0 Å². The topological polar surface area (TPSA) is 55.2 Å². The molecular weight excluding hydrogens is 476 g/mol. The second kappa shape index (κ2) is 9.59. The smallest absolute Gasteiger partial charge is 0.243 e. The monoisotopic (exact) mass is 505 g/mol. The predicted octanol–water partition coefficient (Wildman–Crippen LogP) is 6.14. The highest BCUT2D eigenvalue weighted by Crippen LogP contribution is 2.38. The van der Waals surface area contributed by atoms with E-state index in [1.807, 2.05) is 6.07 Å². The molecule has 9 heteroatoms. The molecule has 1 saturated heterocycles. The number of aromatic nitrogens is 2. The number of thioether (sulfide) groups is 1. The highest BCUT2D eigenvalue weighted by molar-refractivity contribution is 7.98. The summed E-state index contributed by atoms with van der Waals surface area (Å²) >= 11 is 1.43. The maximum Gasteiger partial charge on any atom is 0.243 e. The third-order valence-electron chi connectivity index (χ3n) is 6.87. The summed E-state index contributed by atoms with van der Waals surface area (Å²) in [4.78, 5) is 5.08. The molecule has 0 spiro atoms. The van der Waals surface area contributed by atoms with E-state index in [0.29, 0.717) is 41.9 Å². The van der Waals surface area contributed by atoms with Crippen LogP contribution in [0.3, 0.4) is 0 Å². The maximum absolute atomic E-state index is 13.6. The fourth-order valence-corrected chi connectivity index (χ4v) is 7.82. The number of benzene rings is 2. The van der Waals surface area contributed by atoms with Gasteiger partial charge >= 0.3 is 0 Å². The van der Waals surface area contributed by atoms with Crippen LogP contribution in [-0.2, 0) is 15.8 Å². The molecule has 0 amide bonds. The quantitative estimate of drug-likeness (QED) is 0.378. The van der Waals surface area contributed by atoms with Crippen LogP contribution in [0.4, 0.5) is 8.78 Å².